The highest BCUT2D eigenvalue weighted by molar-refractivity contribution is 8.01. The number of hydrogen-bond donors (Lipinski definition) is 0. The van der Waals surface area contributed by atoms with Crippen LogP contribution >= 0.6 is 11.8 Å². The fourth-order valence-electron chi connectivity index (χ4n) is 2.32. The van der Waals surface area contributed by atoms with Crippen LogP contribution in [0.25, 0.3) is 0 Å². The van der Waals surface area contributed by atoms with Gasteiger partial charge in [0.05, 0.1) is 11.3 Å². The highest BCUT2D eigenvalue weighted by Gasteiger charge is 2.32. The van der Waals surface area contributed by atoms with E-state index in [4.69, 9.17) is 0 Å². The average Bonchev–Trinajstić information content (AvgIpc) is 2.37. The van der Waals surface area contributed by atoms with Gasteiger partial charge in [0.25, 0.3) is 0 Å². The number of sulfone groups is 1. The Morgan fingerprint density at radius 1 is 1.47 bits per heavy atom. The summed E-state index contributed by atoms with van der Waals surface area (Å²) in [4.78, 5) is 1.87. The average molecular weight is 296 g/mol. The highest BCUT2D eigenvalue weighted by atomic mass is 32.2. The van der Waals surface area contributed by atoms with Gasteiger partial charge in [0.15, 0.2) is 9.84 Å². The molecule has 0 aliphatic carbocycles. The van der Waals surface area contributed by atoms with Gasteiger partial charge < -0.3 is 4.90 Å². The third-order valence-electron chi connectivity index (χ3n) is 3.22. The van der Waals surface area contributed by atoms with Crippen LogP contribution in [-0.2, 0) is 9.84 Å². The molecule has 1 saturated heterocycles. The van der Waals surface area contributed by atoms with Crippen molar-refractivity contribution < 1.29 is 8.42 Å². The van der Waals surface area contributed by atoms with Crippen LogP contribution in [0.4, 0.5) is 5.69 Å². The van der Waals surface area contributed by atoms with E-state index in [2.05, 4.69) is 6.07 Å². The summed E-state index contributed by atoms with van der Waals surface area (Å²) in [6, 6.07) is 7.64. The smallest absolute Gasteiger partial charge is 0.169 e. The Morgan fingerprint density at radius 2 is 2.21 bits per heavy atom. The maximum absolute atomic E-state index is 11.9. The van der Waals surface area contributed by atoms with Crippen molar-refractivity contribution in [2.45, 2.75) is 12.3 Å². The first-order valence-corrected chi connectivity index (χ1v) is 9.09. The van der Waals surface area contributed by atoms with E-state index in [1.54, 1.807) is 17.8 Å². The first kappa shape index (κ1) is 14.2. The fraction of sp³-hybridized carbons (Fsp3) is 0.462. The molecule has 1 fully saturated rings. The van der Waals surface area contributed by atoms with Crippen LogP contribution in [0.5, 0.6) is 0 Å². The SMILES string of the molecule is Cc1cccc(C#N)c1N1CCSCC1S(C)(=O)=O. The van der Waals surface area contributed by atoms with Gasteiger partial charge in [-0.1, -0.05) is 12.1 Å². The molecule has 1 atom stereocenters. The Labute approximate surface area is 118 Å². The summed E-state index contributed by atoms with van der Waals surface area (Å²) in [5, 5.41) is 8.69. The fourth-order valence-corrected chi connectivity index (χ4v) is 5.15. The third kappa shape index (κ3) is 2.88. The van der Waals surface area contributed by atoms with Crippen molar-refractivity contribution in [2.75, 3.05) is 29.2 Å². The number of para-hydroxylation sites is 1. The number of nitriles is 1. The van der Waals surface area contributed by atoms with Crippen LogP contribution in [0.15, 0.2) is 18.2 Å². The van der Waals surface area contributed by atoms with Crippen molar-refractivity contribution in [1.82, 2.24) is 0 Å². The Hall–Kier alpha value is -1.19. The Kier molecular flexibility index (Phi) is 4.07. The first-order valence-electron chi connectivity index (χ1n) is 5.98. The van der Waals surface area contributed by atoms with Crippen LogP contribution in [0.2, 0.25) is 0 Å². The molecule has 0 radical (unpaired) electrons. The second-order valence-corrected chi connectivity index (χ2v) is 7.99. The molecule has 6 heteroatoms. The molecule has 102 valence electrons. The van der Waals surface area contributed by atoms with Gasteiger partial charge in [-0.05, 0) is 18.6 Å². The minimum Gasteiger partial charge on any atom is -0.352 e. The zero-order valence-electron chi connectivity index (χ0n) is 11.0. The van der Waals surface area contributed by atoms with Crippen molar-refractivity contribution in [3.8, 4) is 6.07 Å². The van der Waals surface area contributed by atoms with Gasteiger partial charge in [0.1, 0.15) is 11.4 Å². The van der Waals surface area contributed by atoms with Gasteiger partial charge in [-0.25, -0.2) is 8.42 Å². The van der Waals surface area contributed by atoms with Gasteiger partial charge >= 0.3 is 0 Å². The summed E-state index contributed by atoms with van der Waals surface area (Å²) in [6.07, 6.45) is 1.26. The molecule has 1 aromatic carbocycles. The predicted octanol–water partition coefficient (Wildman–Crippen LogP) is 1.79. The molecular weight excluding hydrogens is 280 g/mol. The maximum Gasteiger partial charge on any atom is 0.169 e. The van der Waals surface area contributed by atoms with Crippen LogP contribution in [0, 0.1) is 18.3 Å². The molecule has 1 unspecified atom stereocenters. The zero-order chi connectivity index (χ0) is 14.0. The number of thioether (sulfide) groups is 1. The summed E-state index contributed by atoms with van der Waals surface area (Å²) >= 11 is 1.64. The van der Waals surface area contributed by atoms with E-state index in [0.29, 0.717) is 17.9 Å². The van der Waals surface area contributed by atoms with E-state index in [9.17, 15) is 13.7 Å². The third-order valence-corrected chi connectivity index (χ3v) is 5.87. The monoisotopic (exact) mass is 296 g/mol. The normalized spacial score (nSPS) is 20.1. The molecule has 0 amide bonds. The van der Waals surface area contributed by atoms with E-state index >= 15 is 0 Å². The number of benzene rings is 1. The molecule has 1 aliphatic heterocycles. The van der Waals surface area contributed by atoms with E-state index in [0.717, 1.165) is 17.0 Å². The van der Waals surface area contributed by atoms with Crippen LogP contribution in [0.1, 0.15) is 11.1 Å². The molecule has 0 bridgehead atoms. The second-order valence-electron chi connectivity index (χ2n) is 4.64. The topological polar surface area (TPSA) is 61.2 Å². The van der Waals surface area contributed by atoms with Gasteiger partial charge in [-0.3, -0.25) is 0 Å². The standard InChI is InChI=1S/C13H16N2O2S2/c1-10-4-3-5-11(8-14)13(10)15-6-7-18-9-12(15)19(2,16)17/h3-5,12H,6-7,9H2,1-2H3. The van der Waals surface area contributed by atoms with Crippen molar-refractivity contribution >= 4 is 27.3 Å². The predicted molar refractivity (Wildman–Crippen MR) is 79.2 cm³/mol. The zero-order valence-corrected chi connectivity index (χ0v) is 12.6. The van der Waals surface area contributed by atoms with Crippen molar-refractivity contribution in [2.24, 2.45) is 0 Å². The number of nitrogens with zero attached hydrogens (tertiary/aromatic N) is 2. The molecule has 0 aromatic heterocycles. The molecule has 0 spiro atoms. The summed E-state index contributed by atoms with van der Waals surface area (Å²) in [6.45, 7) is 2.57. The van der Waals surface area contributed by atoms with E-state index in [1.165, 1.54) is 6.26 Å². The van der Waals surface area contributed by atoms with Crippen molar-refractivity contribution in [3.05, 3.63) is 29.3 Å². The molecular formula is C13H16N2O2S2. The lowest BCUT2D eigenvalue weighted by atomic mass is 10.1. The van der Waals surface area contributed by atoms with Crippen LogP contribution < -0.4 is 4.90 Å². The van der Waals surface area contributed by atoms with Crippen LogP contribution in [-0.4, -0.2) is 38.1 Å². The Balaban J connectivity index is 2.53. The number of rotatable bonds is 2. The molecule has 19 heavy (non-hydrogen) atoms. The summed E-state index contributed by atoms with van der Waals surface area (Å²) in [5.41, 5.74) is 2.25. The Morgan fingerprint density at radius 3 is 2.84 bits per heavy atom. The molecule has 1 aromatic rings. The maximum atomic E-state index is 11.9. The van der Waals surface area contributed by atoms with Gasteiger partial charge in [-0.15, -0.1) is 0 Å². The van der Waals surface area contributed by atoms with E-state index < -0.39 is 15.2 Å². The molecule has 1 aliphatic rings. The van der Waals surface area contributed by atoms with E-state index in [-0.39, 0.29) is 0 Å². The molecule has 1 heterocycles. The molecule has 2 rings (SSSR count). The molecule has 0 N–H and O–H groups in total. The van der Waals surface area contributed by atoms with Gasteiger partial charge in [-0.2, -0.15) is 17.0 Å². The first-order chi connectivity index (χ1) is 8.95. The minimum absolute atomic E-state index is 0.542. The Bertz CT molecular complexity index is 620. The van der Waals surface area contributed by atoms with E-state index in [1.807, 2.05) is 24.0 Å². The quantitative estimate of drug-likeness (QED) is 0.832. The lowest BCUT2D eigenvalue weighted by Crippen LogP contribution is -2.47. The summed E-state index contributed by atoms with van der Waals surface area (Å²) in [5.74, 6) is 1.43. The summed E-state index contributed by atoms with van der Waals surface area (Å²) < 4.78 is 23.9. The number of anilines is 1. The van der Waals surface area contributed by atoms with Crippen molar-refractivity contribution in [3.63, 3.8) is 0 Å². The molecule has 0 saturated carbocycles. The van der Waals surface area contributed by atoms with Gasteiger partial charge in [0, 0.05) is 24.3 Å². The van der Waals surface area contributed by atoms with Crippen LogP contribution in [0.3, 0.4) is 0 Å². The lowest BCUT2D eigenvalue weighted by molar-refractivity contribution is 0.584. The highest BCUT2D eigenvalue weighted by Crippen LogP contribution is 2.31. The van der Waals surface area contributed by atoms with Crippen molar-refractivity contribution in [1.29, 1.82) is 5.26 Å². The molecule has 4 nitrogen and oxygen atoms in total. The largest absolute Gasteiger partial charge is 0.352 e. The minimum atomic E-state index is -3.17. The summed E-state index contributed by atoms with van der Waals surface area (Å²) in [7, 11) is -3.17. The second kappa shape index (κ2) is 5.43. The van der Waals surface area contributed by atoms with Gasteiger partial charge in [0.2, 0.25) is 0 Å². The lowest BCUT2D eigenvalue weighted by Gasteiger charge is -2.37. The number of aryl methyl sites for hydroxylation is 1. The number of hydrogen-bond acceptors (Lipinski definition) is 5.